The van der Waals surface area contributed by atoms with Crippen LogP contribution in [0.5, 0.6) is 0 Å². The first kappa shape index (κ1) is 21.2. The van der Waals surface area contributed by atoms with E-state index in [9.17, 15) is 4.55 Å². The van der Waals surface area contributed by atoms with Crippen LogP contribution in [-0.4, -0.2) is 81.8 Å². The van der Waals surface area contributed by atoms with Crippen molar-refractivity contribution in [3.63, 3.8) is 0 Å². The molecule has 32 heavy (non-hydrogen) atoms. The summed E-state index contributed by atoms with van der Waals surface area (Å²) in [4.78, 5) is 23.3. The van der Waals surface area contributed by atoms with Crippen molar-refractivity contribution < 1.29 is 4.55 Å². The molecule has 168 valence electrons. The second-order valence-corrected chi connectivity index (χ2v) is 9.70. The van der Waals surface area contributed by atoms with Gasteiger partial charge in [0.05, 0.1) is 13.1 Å². The van der Waals surface area contributed by atoms with Gasteiger partial charge in [-0.2, -0.15) is 4.98 Å². The van der Waals surface area contributed by atoms with Gasteiger partial charge in [-0.1, -0.05) is 41.5 Å². The van der Waals surface area contributed by atoms with Gasteiger partial charge in [0.25, 0.3) is 0 Å². The summed E-state index contributed by atoms with van der Waals surface area (Å²) in [5, 5.41) is 6.84. The molecule has 0 radical (unpaired) electrons. The fourth-order valence-corrected chi connectivity index (χ4v) is 5.15. The number of piperazine rings is 1. The van der Waals surface area contributed by atoms with E-state index >= 15 is 0 Å². The van der Waals surface area contributed by atoms with Crippen molar-refractivity contribution in [1.82, 2.24) is 25.3 Å². The van der Waals surface area contributed by atoms with E-state index in [0.29, 0.717) is 30.5 Å². The third-order valence-corrected chi connectivity index (χ3v) is 7.15. The van der Waals surface area contributed by atoms with Crippen LogP contribution in [0.1, 0.15) is 5.56 Å². The van der Waals surface area contributed by atoms with E-state index in [1.807, 2.05) is 6.07 Å². The maximum absolute atomic E-state index is 11.9. The lowest BCUT2D eigenvalue weighted by Gasteiger charge is -2.32. The van der Waals surface area contributed by atoms with Gasteiger partial charge in [-0.25, -0.2) is 15.0 Å². The number of nitrogens with zero attached hydrogens (tertiary/aromatic N) is 6. The fourth-order valence-electron chi connectivity index (χ4n) is 4.10. The second-order valence-electron chi connectivity index (χ2n) is 8.00. The Hall–Kier alpha value is -2.69. The molecule has 0 amide bonds. The molecular weight excluding hydrogens is 424 g/mol. The minimum absolute atomic E-state index is 0.654. The second kappa shape index (κ2) is 9.85. The highest BCUT2D eigenvalue weighted by Crippen LogP contribution is 2.29. The van der Waals surface area contributed by atoms with Gasteiger partial charge in [-0.15, -0.1) is 0 Å². The highest BCUT2D eigenvalue weighted by molar-refractivity contribution is 7.91. The van der Waals surface area contributed by atoms with E-state index in [2.05, 4.69) is 54.7 Å². The topological polar surface area (TPSA) is 105 Å². The van der Waals surface area contributed by atoms with E-state index < -0.39 is 11.2 Å². The van der Waals surface area contributed by atoms with Gasteiger partial charge < -0.3 is 25.0 Å². The SMILES string of the molecule is [O-][S+]1CCN(c2nc(N3CCNCC3)nc3c(NCCc4ccccc4)ncnc23)CC1. The number of anilines is 3. The van der Waals surface area contributed by atoms with Crippen molar-refractivity contribution in [2.45, 2.75) is 6.42 Å². The zero-order valence-electron chi connectivity index (χ0n) is 18.0. The Bertz CT molecular complexity index is 1040. The maximum Gasteiger partial charge on any atom is 0.228 e. The molecule has 2 fully saturated rings. The van der Waals surface area contributed by atoms with Crippen molar-refractivity contribution in [1.29, 1.82) is 0 Å². The van der Waals surface area contributed by atoms with Crippen molar-refractivity contribution in [2.24, 2.45) is 0 Å². The Morgan fingerprint density at radius 2 is 1.72 bits per heavy atom. The summed E-state index contributed by atoms with van der Waals surface area (Å²) < 4.78 is 11.9. The van der Waals surface area contributed by atoms with E-state index in [-0.39, 0.29) is 0 Å². The number of rotatable bonds is 6. The molecule has 0 atom stereocenters. The number of benzene rings is 1. The van der Waals surface area contributed by atoms with Crippen LogP contribution >= 0.6 is 0 Å². The number of nitrogens with one attached hydrogen (secondary N) is 2. The molecule has 1 aromatic carbocycles. The van der Waals surface area contributed by atoms with E-state index in [4.69, 9.17) is 9.97 Å². The molecule has 9 nitrogen and oxygen atoms in total. The first-order chi connectivity index (χ1) is 15.8. The predicted molar refractivity (Wildman–Crippen MR) is 129 cm³/mol. The molecule has 0 bridgehead atoms. The predicted octanol–water partition coefficient (Wildman–Crippen LogP) is 1.05. The largest absolute Gasteiger partial charge is 0.616 e. The van der Waals surface area contributed by atoms with E-state index in [0.717, 1.165) is 61.8 Å². The van der Waals surface area contributed by atoms with Gasteiger partial charge in [0.1, 0.15) is 28.9 Å². The Morgan fingerprint density at radius 3 is 2.50 bits per heavy atom. The molecular formula is C22H28N8OS. The summed E-state index contributed by atoms with van der Waals surface area (Å²) in [6.45, 7) is 5.71. The fraction of sp³-hybridized carbons (Fsp3) is 0.455. The molecule has 0 aliphatic carbocycles. The average Bonchev–Trinajstić information content (AvgIpc) is 2.85. The smallest absolute Gasteiger partial charge is 0.228 e. The van der Waals surface area contributed by atoms with Crippen molar-refractivity contribution in [3.8, 4) is 0 Å². The first-order valence-electron chi connectivity index (χ1n) is 11.1. The Kier molecular flexibility index (Phi) is 6.51. The first-order valence-corrected chi connectivity index (χ1v) is 12.6. The van der Waals surface area contributed by atoms with Crippen molar-refractivity contribution in [3.05, 3.63) is 42.2 Å². The lowest BCUT2D eigenvalue weighted by atomic mass is 10.1. The van der Waals surface area contributed by atoms with Crippen LogP contribution in [0.2, 0.25) is 0 Å². The van der Waals surface area contributed by atoms with Crippen LogP contribution in [0.3, 0.4) is 0 Å². The summed E-state index contributed by atoms with van der Waals surface area (Å²) in [6.07, 6.45) is 2.47. The summed E-state index contributed by atoms with van der Waals surface area (Å²) >= 11 is -0.754. The molecule has 10 heteroatoms. The van der Waals surface area contributed by atoms with Crippen LogP contribution < -0.4 is 20.4 Å². The summed E-state index contributed by atoms with van der Waals surface area (Å²) in [7, 11) is 0. The lowest BCUT2D eigenvalue weighted by Crippen LogP contribution is -2.45. The van der Waals surface area contributed by atoms with Crippen molar-refractivity contribution in [2.75, 3.05) is 72.4 Å². The molecule has 0 spiro atoms. The molecule has 2 saturated heterocycles. The number of aromatic nitrogens is 4. The van der Waals surface area contributed by atoms with Gasteiger partial charge in [-0.05, 0) is 12.0 Å². The minimum atomic E-state index is -0.754. The van der Waals surface area contributed by atoms with Crippen molar-refractivity contribution >= 4 is 39.8 Å². The maximum atomic E-state index is 11.9. The zero-order valence-corrected chi connectivity index (χ0v) is 18.9. The summed E-state index contributed by atoms with van der Waals surface area (Å²) in [5.41, 5.74) is 2.76. The monoisotopic (exact) mass is 452 g/mol. The molecule has 0 unspecified atom stereocenters. The standard InChI is InChI=1S/C22H28N8OS/c31-32-14-12-29(13-15-32)21-19-18(27-22(28-21)30-10-8-23-9-11-30)20(26-16-25-19)24-7-6-17-4-2-1-3-5-17/h1-5,16,23H,6-15H2,(H,24,25,26). The minimum Gasteiger partial charge on any atom is -0.616 e. The molecule has 3 aromatic rings. The third kappa shape index (κ3) is 4.72. The Balaban J connectivity index is 1.47. The van der Waals surface area contributed by atoms with Gasteiger partial charge >= 0.3 is 0 Å². The molecule has 4 heterocycles. The summed E-state index contributed by atoms with van der Waals surface area (Å²) in [6, 6.07) is 10.4. The molecule has 2 aliphatic heterocycles. The molecule has 0 saturated carbocycles. The van der Waals surface area contributed by atoms with E-state index in [1.54, 1.807) is 6.33 Å². The zero-order chi connectivity index (χ0) is 21.8. The third-order valence-electron chi connectivity index (χ3n) is 5.88. The van der Waals surface area contributed by atoms with Gasteiger partial charge in [-0.3, -0.25) is 0 Å². The van der Waals surface area contributed by atoms with Crippen LogP contribution in [0.25, 0.3) is 11.0 Å². The molecule has 2 aliphatic rings. The van der Waals surface area contributed by atoms with Crippen LogP contribution in [0.4, 0.5) is 17.6 Å². The normalized spacial score (nSPS) is 17.7. The Morgan fingerprint density at radius 1 is 0.938 bits per heavy atom. The highest BCUT2D eigenvalue weighted by Gasteiger charge is 2.26. The van der Waals surface area contributed by atoms with Crippen LogP contribution in [0, 0.1) is 0 Å². The molecule has 2 N–H and O–H groups in total. The number of hydrogen-bond donors (Lipinski definition) is 2. The quantitative estimate of drug-likeness (QED) is 0.531. The molecule has 2 aromatic heterocycles. The lowest BCUT2D eigenvalue weighted by molar-refractivity contribution is 0.578. The Labute approximate surface area is 190 Å². The number of hydrogen-bond acceptors (Lipinski definition) is 9. The highest BCUT2D eigenvalue weighted by atomic mass is 32.2. The van der Waals surface area contributed by atoms with Crippen LogP contribution in [0.15, 0.2) is 36.7 Å². The van der Waals surface area contributed by atoms with Gasteiger partial charge in [0.15, 0.2) is 11.6 Å². The van der Waals surface area contributed by atoms with E-state index in [1.165, 1.54) is 5.56 Å². The molecule has 5 rings (SSSR count). The van der Waals surface area contributed by atoms with Crippen LogP contribution in [-0.2, 0) is 17.6 Å². The van der Waals surface area contributed by atoms with Gasteiger partial charge in [0, 0.05) is 32.7 Å². The number of fused-ring (bicyclic) bond motifs is 1. The average molecular weight is 453 g/mol. The summed E-state index contributed by atoms with van der Waals surface area (Å²) in [5.74, 6) is 3.56. The van der Waals surface area contributed by atoms with Gasteiger partial charge in [0.2, 0.25) is 5.95 Å².